The van der Waals surface area contributed by atoms with E-state index < -0.39 is 43.2 Å². The van der Waals surface area contributed by atoms with Crippen molar-refractivity contribution >= 4 is 72.3 Å². The van der Waals surface area contributed by atoms with Crippen LogP contribution in [-0.4, -0.2) is 54.7 Å². The van der Waals surface area contributed by atoms with Crippen LogP contribution in [0.15, 0.2) is 328 Å². The number of hydrogen-bond acceptors (Lipinski definition) is 8. The van der Waals surface area contributed by atoms with Crippen LogP contribution in [0.5, 0.6) is 0 Å². The Morgan fingerprint density at radius 3 is 0.754 bits per heavy atom. The Labute approximate surface area is 727 Å². The van der Waals surface area contributed by atoms with Gasteiger partial charge < -0.3 is 37.7 Å². The summed E-state index contributed by atoms with van der Waals surface area (Å²) in [7, 11) is -1.38. The fraction of sp³-hybridized carbons (Fsp3) is 0.236. The summed E-state index contributed by atoms with van der Waals surface area (Å²) >= 11 is 6.42. The lowest BCUT2D eigenvalue weighted by atomic mass is 9.49. The number of aryl methyl sites for hydroxylation is 2. The molecule has 14 aromatic rings. The summed E-state index contributed by atoms with van der Waals surface area (Å²) in [5.41, 5.74) is 33.3. The summed E-state index contributed by atoms with van der Waals surface area (Å²) in [6.07, 6.45) is 4.52. The SMILES string of the molecule is CC1(C)OB(B2OC(C)(C)C(C)(C)O2)OC1(C)C.CCCc1ccc(-c2ccc(N(c3ccc(B4OC(C)(C)C(C)(C)O4)cc3)c3ccc4c(c3)C3(c5ccccc5-c5ccccc53)c3ccccc3-4)cc2)cc1.CCCc1ccc(-c2ccc(N(c3ccc(Cl)cc3)c3ccc4c(c3)C3(c5ccccc5-c5ccccc53)c3ccccc3-4)cc2)cc1. The van der Waals surface area contributed by atoms with Gasteiger partial charge in [0.05, 0.1) is 44.4 Å². The molecule has 0 radical (unpaired) electrons. The Morgan fingerprint density at radius 1 is 0.246 bits per heavy atom. The van der Waals surface area contributed by atoms with Gasteiger partial charge in [0.25, 0.3) is 0 Å². The average molecular weight is 1620 g/mol. The first kappa shape index (κ1) is 80.6. The minimum absolute atomic E-state index is 0.360. The van der Waals surface area contributed by atoms with Gasteiger partial charge >= 0.3 is 21.1 Å². The van der Waals surface area contributed by atoms with E-state index in [1.54, 1.807) is 0 Å². The van der Waals surface area contributed by atoms with Gasteiger partial charge in [-0.25, -0.2) is 0 Å². The second-order valence-electron chi connectivity index (χ2n) is 36.8. The smallest absolute Gasteiger partial charge is 0.405 e. The lowest BCUT2D eigenvalue weighted by Crippen LogP contribution is -2.41. The van der Waals surface area contributed by atoms with E-state index in [2.05, 4.69) is 367 Å². The van der Waals surface area contributed by atoms with Crippen molar-refractivity contribution in [3.8, 4) is 66.8 Å². The lowest BCUT2D eigenvalue weighted by molar-refractivity contribution is 0.00578. The van der Waals surface area contributed by atoms with Crippen LogP contribution in [0.25, 0.3) is 66.8 Å². The lowest BCUT2D eigenvalue weighted by Gasteiger charge is -2.32. The van der Waals surface area contributed by atoms with Gasteiger partial charge in [-0.1, -0.05) is 281 Å². The first-order valence-electron chi connectivity index (χ1n) is 43.5. The van der Waals surface area contributed by atoms with Gasteiger partial charge in [-0.3, -0.25) is 0 Å². The fourth-order valence-corrected chi connectivity index (χ4v) is 19.7. The number of nitrogens with zero attached hydrogens (tertiary/aromatic N) is 2. The fourth-order valence-electron chi connectivity index (χ4n) is 19.6. The van der Waals surface area contributed by atoms with E-state index in [4.69, 9.17) is 39.5 Å². The molecule has 14 aromatic carbocycles. The predicted octanol–water partition coefficient (Wildman–Crippen LogP) is 27.4. The number of fused-ring (bicyclic) bond motifs is 20. The highest BCUT2D eigenvalue weighted by atomic mass is 35.5. The van der Waals surface area contributed by atoms with Crippen LogP contribution in [0, 0.1) is 0 Å². The number of hydrogen-bond donors (Lipinski definition) is 0. The minimum atomic E-state index is -0.476. The average Bonchev–Trinajstić information content (AvgIpc) is 1.51. The van der Waals surface area contributed by atoms with E-state index in [1.807, 2.05) is 67.5 Å². The topological polar surface area (TPSA) is 61.9 Å². The van der Waals surface area contributed by atoms with E-state index in [1.165, 1.54) is 122 Å². The highest BCUT2D eigenvalue weighted by Crippen LogP contribution is 2.66. The molecule has 2 spiro atoms. The monoisotopic (exact) mass is 1620 g/mol. The van der Waals surface area contributed by atoms with Crippen LogP contribution >= 0.6 is 11.6 Å². The molecule has 3 aliphatic heterocycles. The highest BCUT2D eigenvalue weighted by Gasteiger charge is 2.64. The predicted molar refractivity (Wildman–Crippen MR) is 507 cm³/mol. The van der Waals surface area contributed by atoms with Crippen LogP contribution in [0.4, 0.5) is 34.1 Å². The van der Waals surface area contributed by atoms with Crippen molar-refractivity contribution in [1.29, 1.82) is 0 Å². The van der Waals surface area contributed by atoms with Crippen LogP contribution in [0.1, 0.15) is 165 Å². The van der Waals surface area contributed by atoms with Gasteiger partial charge in [0, 0.05) is 39.1 Å². The van der Waals surface area contributed by atoms with Crippen molar-refractivity contribution in [3.63, 3.8) is 0 Å². The summed E-state index contributed by atoms with van der Waals surface area (Å²) in [4.78, 5) is 4.75. The standard InChI is InChI=1S/C52H46BNO2.C46H34ClN.C12H24B2O4/c1-6-13-35-20-22-36(23-21-35)37-24-28-39(29-25-37)54(40-30-26-38(27-31-40)53-55-50(2,3)51(4,5)56-53)41-32-33-45-44-16-9-12-19-48(44)52(49(45)34-41)46-17-10-7-14-42(46)43-15-8-11-18-47(43)52;1-2-9-31-16-18-32(19-17-31)33-20-24-35(25-21-33)48(36-26-22-34(47)23-27-36)37-28-29-41-40-12-5-8-15-44(40)46(45(41)30-37)42-13-6-3-10-38(42)39-11-4-7-14-43(39)46;1-9(2)10(3,4)16-13(15-9)14-17-11(5,6)12(7,8)18-14/h7-12,14-34H,6,13H2,1-5H3;3-8,10-30H,2,9H2,1H3;1-8H3. The van der Waals surface area contributed by atoms with Crippen molar-refractivity contribution in [2.24, 2.45) is 0 Å². The van der Waals surface area contributed by atoms with Gasteiger partial charge in [0.2, 0.25) is 0 Å². The summed E-state index contributed by atoms with van der Waals surface area (Å²) in [5, 5.41) is 0.725. The molecule has 3 fully saturated rings. The summed E-state index contributed by atoms with van der Waals surface area (Å²) in [6, 6.07) is 121. The van der Waals surface area contributed by atoms with E-state index >= 15 is 0 Å². The summed E-state index contributed by atoms with van der Waals surface area (Å²) in [5.74, 6) is 0. The Morgan fingerprint density at radius 2 is 0.475 bits per heavy atom. The second kappa shape index (κ2) is 30.8. The van der Waals surface area contributed by atoms with Gasteiger partial charge in [-0.2, -0.15) is 0 Å². The molecule has 3 heterocycles. The van der Waals surface area contributed by atoms with Crippen molar-refractivity contribution in [3.05, 3.63) is 388 Å². The molecule has 0 atom stereocenters. The van der Waals surface area contributed by atoms with Crippen molar-refractivity contribution < 1.29 is 27.9 Å². The molecule has 606 valence electrons. The summed E-state index contributed by atoms with van der Waals surface area (Å²) in [6.45, 7) is 29.1. The number of anilines is 6. The van der Waals surface area contributed by atoms with Crippen LogP contribution < -0.4 is 15.3 Å². The molecule has 21 rings (SSSR count). The van der Waals surface area contributed by atoms with Gasteiger partial charge in [0.1, 0.15) is 0 Å². The third-order valence-electron chi connectivity index (χ3n) is 27.9. The van der Waals surface area contributed by atoms with Crippen LogP contribution in [-0.2, 0) is 51.6 Å². The second-order valence-corrected chi connectivity index (χ2v) is 37.2. The Kier molecular flexibility index (Phi) is 20.3. The van der Waals surface area contributed by atoms with Crippen molar-refractivity contribution in [2.75, 3.05) is 9.80 Å². The zero-order chi connectivity index (χ0) is 84.5. The molecule has 122 heavy (non-hydrogen) atoms. The van der Waals surface area contributed by atoms with Crippen LogP contribution in [0.2, 0.25) is 5.02 Å². The zero-order valence-electron chi connectivity index (χ0n) is 72.5. The van der Waals surface area contributed by atoms with Gasteiger partial charge in [-0.15, -0.1) is 0 Å². The van der Waals surface area contributed by atoms with E-state index in [0.29, 0.717) is 0 Å². The molecule has 0 aromatic heterocycles. The maximum atomic E-state index is 6.45. The molecule has 0 bridgehead atoms. The molecule has 3 saturated heterocycles. The van der Waals surface area contributed by atoms with Gasteiger partial charge in [-0.05, 0) is 309 Å². The van der Waals surface area contributed by atoms with Crippen molar-refractivity contribution in [1.82, 2.24) is 0 Å². The molecular formula is C110H104B3ClN2O6. The molecule has 0 unspecified atom stereocenters. The number of benzene rings is 14. The third kappa shape index (κ3) is 13.4. The summed E-state index contributed by atoms with van der Waals surface area (Å²) < 4.78 is 36.8. The normalized spacial score (nSPS) is 17.4. The Balaban J connectivity index is 0.000000135. The molecule has 4 aliphatic carbocycles. The molecular weight excluding hydrogens is 1510 g/mol. The largest absolute Gasteiger partial charge is 0.494 e. The quantitative estimate of drug-likeness (QED) is 0.0998. The first-order valence-corrected chi connectivity index (χ1v) is 43.9. The minimum Gasteiger partial charge on any atom is -0.405 e. The molecule has 0 amide bonds. The molecule has 8 nitrogen and oxygen atoms in total. The molecule has 7 aliphatic rings. The van der Waals surface area contributed by atoms with E-state index in [-0.39, 0.29) is 22.4 Å². The van der Waals surface area contributed by atoms with E-state index in [0.717, 1.165) is 70.3 Å². The highest BCUT2D eigenvalue weighted by molar-refractivity contribution is 7.11. The van der Waals surface area contributed by atoms with Gasteiger partial charge in [0.15, 0.2) is 0 Å². The molecule has 0 saturated carbocycles. The maximum absolute atomic E-state index is 6.45. The molecule has 12 heteroatoms. The zero-order valence-corrected chi connectivity index (χ0v) is 73.2. The maximum Gasteiger partial charge on any atom is 0.494 e. The Bertz CT molecular complexity index is 6090. The number of halogens is 1. The molecule has 0 N–H and O–H groups in total. The number of rotatable bonds is 14. The first-order chi connectivity index (χ1) is 58.7. The van der Waals surface area contributed by atoms with Crippen LogP contribution in [0.3, 0.4) is 0 Å². The Hall–Kier alpha value is -11.1. The van der Waals surface area contributed by atoms with Crippen molar-refractivity contribution in [2.45, 2.75) is 167 Å². The van der Waals surface area contributed by atoms with E-state index in [9.17, 15) is 0 Å². The third-order valence-corrected chi connectivity index (χ3v) is 28.2.